The summed E-state index contributed by atoms with van der Waals surface area (Å²) in [5, 5.41) is 0.615. The number of ketones is 1. The summed E-state index contributed by atoms with van der Waals surface area (Å²) in [7, 11) is 0. The second-order valence-electron chi connectivity index (χ2n) is 4.17. The summed E-state index contributed by atoms with van der Waals surface area (Å²) in [6, 6.07) is 3.40. The highest BCUT2D eigenvalue weighted by molar-refractivity contribution is 6.06. The lowest BCUT2D eigenvalue weighted by molar-refractivity contribution is 0.00491. The minimum Gasteiger partial charge on any atom is -0.326 e. The van der Waals surface area contributed by atoms with E-state index in [1.54, 1.807) is 12.1 Å². The molecule has 2 rings (SSSR count). The molecule has 2 aromatic heterocycles. The summed E-state index contributed by atoms with van der Waals surface area (Å²) in [6.07, 6.45) is 2.97. The fourth-order valence-corrected chi connectivity index (χ4v) is 1.82. The van der Waals surface area contributed by atoms with Crippen LogP contribution in [0.25, 0.3) is 11.0 Å². The summed E-state index contributed by atoms with van der Waals surface area (Å²) in [4.78, 5) is 15.5. The lowest BCUT2D eigenvalue weighted by Crippen LogP contribution is -2.18. The standard InChI is InChI=1S/C12H12F2N2O/c1-8(17)10-6-16(7-12(2,13)14)11-9(10)4-3-5-15-11/h3-6H,7H2,1-2H3. The number of pyridine rings is 1. The Bertz CT molecular complexity index is 569. The molecule has 2 aromatic rings. The van der Waals surface area contributed by atoms with E-state index in [2.05, 4.69) is 4.98 Å². The second-order valence-corrected chi connectivity index (χ2v) is 4.17. The number of carbonyl (C=O) groups excluding carboxylic acids is 1. The third-order valence-corrected chi connectivity index (χ3v) is 2.46. The Morgan fingerprint density at radius 1 is 1.53 bits per heavy atom. The smallest absolute Gasteiger partial charge is 0.262 e. The van der Waals surface area contributed by atoms with Crippen LogP contribution in [0.4, 0.5) is 8.78 Å². The summed E-state index contributed by atoms with van der Waals surface area (Å²) in [5.74, 6) is -2.99. The van der Waals surface area contributed by atoms with Gasteiger partial charge in [-0.15, -0.1) is 0 Å². The molecule has 0 saturated heterocycles. The maximum atomic E-state index is 13.0. The maximum Gasteiger partial charge on any atom is 0.262 e. The molecule has 0 fully saturated rings. The van der Waals surface area contributed by atoms with E-state index >= 15 is 0 Å². The molecular formula is C12H12F2N2O. The number of Topliss-reactive ketones (excluding diaryl/α,β-unsaturated/α-hetero) is 1. The quantitative estimate of drug-likeness (QED) is 0.770. The Morgan fingerprint density at radius 3 is 2.82 bits per heavy atom. The van der Waals surface area contributed by atoms with Gasteiger partial charge in [-0.25, -0.2) is 13.8 Å². The molecule has 0 aliphatic carbocycles. The Hall–Kier alpha value is -1.78. The fraction of sp³-hybridized carbons (Fsp3) is 0.333. The minimum absolute atomic E-state index is 0.152. The molecule has 5 heteroatoms. The predicted molar refractivity (Wildman–Crippen MR) is 60.4 cm³/mol. The molecular weight excluding hydrogens is 226 g/mol. The lowest BCUT2D eigenvalue weighted by atomic mass is 10.2. The van der Waals surface area contributed by atoms with Crippen LogP contribution in [0.15, 0.2) is 24.5 Å². The van der Waals surface area contributed by atoms with Gasteiger partial charge in [0.15, 0.2) is 5.78 Å². The van der Waals surface area contributed by atoms with Gasteiger partial charge in [0.05, 0.1) is 6.54 Å². The Balaban J connectivity index is 2.61. The predicted octanol–water partition coefficient (Wildman–Crippen LogP) is 2.89. The van der Waals surface area contributed by atoms with E-state index in [9.17, 15) is 13.6 Å². The monoisotopic (exact) mass is 238 g/mol. The first-order chi connectivity index (χ1) is 7.88. The van der Waals surface area contributed by atoms with Crippen molar-refractivity contribution >= 4 is 16.8 Å². The zero-order chi connectivity index (χ0) is 12.6. The SMILES string of the molecule is CC(=O)c1cn(CC(C)(F)F)c2ncccc12. The van der Waals surface area contributed by atoms with Gasteiger partial charge >= 0.3 is 0 Å². The highest BCUT2D eigenvalue weighted by Gasteiger charge is 2.24. The lowest BCUT2D eigenvalue weighted by Gasteiger charge is -2.11. The zero-order valence-corrected chi connectivity index (χ0v) is 9.58. The van der Waals surface area contributed by atoms with Gasteiger partial charge in [0.25, 0.3) is 5.92 Å². The summed E-state index contributed by atoms with van der Waals surface area (Å²) in [6.45, 7) is 1.78. The van der Waals surface area contributed by atoms with Crippen molar-refractivity contribution in [2.24, 2.45) is 0 Å². The van der Waals surface area contributed by atoms with Gasteiger partial charge in [0, 0.05) is 30.3 Å². The van der Waals surface area contributed by atoms with Crippen molar-refractivity contribution < 1.29 is 13.6 Å². The van der Waals surface area contributed by atoms with Crippen molar-refractivity contribution in [1.82, 2.24) is 9.55 Å². The van der Waals surface area contributed by atoms with Crippen LogP contribution in [0, 0.1) is 0 Å². The molecule has 17 heavy (non-hydrogen) atoms. The molecule has 90 valence electrons. The molecule has 0 N–H and O–H groups in total. The molecule has 0 radical (unpaired) electrons. The Kier molecular flexibility index (Phi) is 2.69. The van der Waals surface area contributed by atoms with Gasteiger partial charge in [-0.05, 0) is 19.1 Å². The van der Waals surface area contributed by atoms with E-state index in [1.165, 1.54) is 23.9 Å². The van der Waals surface area contributed by atoms with Crippen molar-refractivity contribution in [2.75, 3.05) is 0 Å². The maximum absolute atomic E-state index is 13.0. The van der Waals surface area contributed by atoms with Gasteiger partial charge in [-0.1, -0.05) is 0 Å². The van der Waals surface area contributed by atoms with Gasteiger partial charge < -0.3 is 4.57 Å². The van der Waals surface area contributed by atoms with E-state index in [4.69, 9.17) is 0 Å². The Morgan fingerprint density at radius 2 is 2.24 bits per heavy atom. The zero-order valence-electron chi connectivity index (χ0n) is 9.58. The molecule has 0 unspecified atom stereocenters. The molecule has 2 heterocycles. The van der Waals surface area contributed by atoms with Crippen LogP contribution in [0.2, 0.25) is 0 Å². The number of nitrogens with zero attached hydrogens (tertiary/aromatic N) is 2. The molecule has 0 spiro atoms. The fourth-order valence-electron chi connectivity index (χ4n) is 1.82. The van der Waals surface area contributed by atoms with E-state index in [0.717, 1.165) is 6.92 Å². The first kappa shape index (κ1) is 11.7. The average molecular weight is 238 g/mol. The van der Waals surface area contributed by atoms with Crippen molar-refractivity contribution in [3.63, 3.8) is 0 Å². The number of alkyl halides is 2. The van der Waals surface area contributed by atoms with Crippen LogP contribution >= 0.6 is 0 Å². The number of carbonyl (C=O) groups is 1. The van der Waals surface area contributed by atoms with Crippen LogP contribution in [0.1, 0.15) is 24.2 Å². The number of hydrogen-bond donors (Lipinski definition) is 0. The van der Waals surface area contributed by atoms with Gasteiger partial charge in [0.2, 0.25) is 0 Å². The highest BCUT2D eigenvalue weighted by atomic mass is 19.3. The van der Waals surface area contributed by atoms with Crippen LogP contribution in [-0.2, 0) is 6.54 Å². The molecule has 0 aliphatic heterocycles. The van der Waals surface area contributed by atoms with E-state index in [0.29, 0.717) is 16.6 Å². The number of aromatic nitrogens is 2. The molecule has 3 nitrogen and oxygen atoms in total. The van der Waals surface area contributed by atoms with Gasteiger partial charge in [0.1, 0.15) is 5.65 Å². The summed E-state index contributed by atoms with van der Waals surface area (Å²) < 4.78 is 27.4. The van der Waals surface area contributed by atoms with E-state index < -0.39 is 12.5 Å². The molecule has 0 atom stereocenters. The molecule has 0 saturated carbocycles. The third kappa shape index (κ3) is 2.33. The first-order valence-corrected chi connectivity index (χ1v) is 5.21. The molecule has 0 aromatic carbocycles. The second kappa shape index (κ2) is 3.91. The van der Waals surface area contributed by atoms with Crippen molar-refractivity contribution in [1.29, 1.82) is 0 Å². The minimum atomic E-state index is -2.84. The normalized spacial score (nSPS) is 12.0. The topological polar surface area (TPSA) is 34.9 Å². The third-order valence-electron chi connectivity index (χ3n) is 2.46. The molecule has 0 bridgehead atoms. The largest absolute Gasteiger partial charge is 0.326 e. The number of rotatable bonds is 3. The molecule has 0 amide bonds. The van der Waals surface area contributed by atoms with E-state index in [-0.39, 0.29) is 5.78 Å². The van der Waals surface area contributed by atoms with Crippen molar-refractivity contribution in [2.45, 2.75) is 26.3 Å². The van der Waals surface area contributed by atoms with Crippen molar-refractivity contribution in [3.05, 3.63) is 30.1 Å². The van der Waals surface area contributed by atoms with E-state index in [1.807, 2.05) is 0 Å². The number of hydrogen-bond acceptors (Lipinski definition) is 2. The summed E-state index contributed by atoms with van der Waals surface area (Å²) >= 11 is 0. The van der Waals surface area contributed by atoms with Gasteiger partial charge in [-0.2, -0.15) is 0 Å². The van der Waals surface area contributed by atoms with Crippen molar-refractivity contribution in [3.8, 4) is 0 Å². The van der Waals surface area contributed by atoms with Crippen LogP contribution in [-0.4, -0.2) is 21.3 Å². The number of fused-ring (bicyclic) bond motifs is 1. The molecule has 0 aliphatic rings. The Labute approximate surface area is 97.1 Å². The van der Waals surface area contributed by atoms with Crippen LogP contribution in [0.5, 0.6) is 0 Å². The van der Waals surface area contributed by atoms with Crippen LogP contribution in [0.3, 0.4) is 0 Å². The number of halogens is 2. The average Bonchev–Trinajstić information content (AvgIpc) is 2.55. The van der Waals surface area contributed by atoms with Gasteiger partial charge in [-0.3, -0.25) is 4.79 Å². The first-order valence-electron chi connectivity index (χ1n) is 5.21. The van der Waals surface area contributed by atoms with Crippen LogP contribution < -0.4 is 0 Å². The highest BCUT2D eigenvalue weighted by Crippen LogP contribution is 2.23. The summed E-state index contributed by atoms with van der Waals surface area (Å²) in [5.41, 5.74) is 0.844.